The number of likely N-dealkylation sites (tertiary alicyclic amines) is 1. The summed E-state index contributed by atoms with van der Waals surface area (Å²) < 4.78 is 20.9. The Balaban J connectivity index is 1.31. The molecule has 7 heteroatoms. The summed E-state index contributed by atoms with van der Waals surface area (Å²) in [7, 11) is 2.12. The van der Waals surface area contributed by atoms with E-state index in [0.717, 1.165) is 57.4 Å². The molecule has 2 aliphatic rings. The maximum atomic E-state index is 14.7. The highest BCUT2D eigenvalue weighted by atomic mass is 19.1. The lowest BCUT2D eigenvalue weighted by molar-refractivity contribution is -0.118. The van der Waals surface area contributed by atoms with Crippen molar-refractivity contribution in [2.45, 2.75) is 50.5 Å². The fraction of sp³-hybridized carbons (Fsp3) is 0.375. The number of anilines is 2. The van der Waals surface area contributed by atoms with Gasteiger partial charge in [0.05, 0.1) is 11.6 Å². The minimum atomic E-state index is -0.564. The average molecular weight is 529 g/mol. The molecule has 39 heavy (non-hydrogen) atoms. The van der Waals surface area contributed by atoms with Crippen LogP contribution in [0.4, 0.5) is 15.8 Å². The number of amides is 1. The number of benzene rings is 3. The minimum Gasteiger partial charge on any atom is -0.490 e. The molecule has 1 atom stereocenters. The van der Waals surface area contributed by atoms with Gasteiger partial charge < -0.3 is 20.7 Å². The Morgan fingerprint density at radius 2 is 1.72 bits per heavy atom. The highest BCUT2D eigenvalue weighted by Crippen LogP contribution is 2.39. The van der Waals surface area contributed by atoms with Gasteiger partial charge in [-0.25, -0.2) is 4.39 Å². The summed E-state index contributed by atoms with van der Waals surface area (Å²) in [6, 6.07) is 19.2. The molecule has 0 radical (unpaired) electrons. The summed E-state index contributed by atoms with van der Waals surface area (Å²) >= 11 is 0. The Morgan fingerprint density at radius 1 is 1.03 bits per heavy atom. The largest absolute Gasteiger partial charge is 0.490 e. The average Bonchev–Trinajstić information content (AvgIpc) is 3.47. The molecule has 204 valence electrons. The van der Waals surface area contributed by atoms with E-state index in [-0.39, 0.29) is 29.5 Å². The number of piperidine rings is 1. The first-order valence-electron chi connectivity index (χ1n) is 13.9. The Hall–Kier alpha value is -3.71. The van der Waals surface area contributed by atoms with Crippen LogP contribution in [0.5, 0.6) is 5.75 Å². The molecule has 4 N–H and O–H groups in total. The van der Waals surface area contributed by atoms with E-state index in [9.17, 15) is 9.18 Å². The third-order valence-corrected chi connectivity index (χ3v) is 8.10. The molecule has 1 aliphatic heterocycles. The molecule has 1 saturated heterocycles. The van der Waals surface area contributed by atoms with Crippen LogP contribution >= 0.6 is 0 Å². The molecule has 3 aromatic rings. The van der Waals surface area contributed by atoms with Crippen LogP contribution in [0.1, 0.15) is 61.1 Å². The number of hydrogen-bond acceptors (Lipinski definition) is 5. The summed E-state index contributed by atoms with van der Waals surface area (Å²) in [5, 5.41) is 11.8. The van der Waals surface area contributed by atoms with Gasteiger partial charge >= 0.3 is 0 Å². The molecule has 1 aliphatic carbocycles. The van der Waals surface area contributed by atoms with Crippen LogP contribution in [0.3, 0.4) is 0 Å². The molecule has 1 amide bonds. The zero-order valence-electron chi connectivity index (χ0n) is 22.5. The van der Waals surface area contributed by atoms with Crippen molar-refractivity contribution >= 4 is 23.0 Å². The number of ether oxygens (including phenoxy) is 1. The standard InChI is InChI=1S/C32H37FN4O2/c1-37-18-16-25(17-19-37)39-24-13-10-22(11-14-24)31(35)27-20-23(12-15-29(27)34)36-32(38)30(21-6-2-3-7-21)26-8-4-5-9-28(26)33/h4-5,8-15,20-21,25,30,35H,2-3,6-7,16-19,34H2,1H3,(H,36,38). The lowest BCUT2D eigenvalue weighted by Gasteiger charge is -2.29. The van der Waals surface area contributed by atoms with Crippen molar-refractivity contribution in [2.75, 3.05) is 31.2 Å². The number of carbonyl (C=O) groups excluding carboxylic acids is 1. The first kappa shape index (κ1) is 26.9. The Bertz CT molecular complexity index is 1310. The van der Waals surface area contributed by atoms with Crippen LogP contribution in [0, 0.1) is 17.1 Å². The van der Waals surface area contributed by atoms with Crippen LogP contribution in [0.2, 0.25) is 0 Å². The fourth-order valence-electron chi connectivity index (χ4n) is 5.85. The maximum absolute atomic E-state index is 14.7. The van der Waals surface area contributed by atoms with E-state index in [2.05, 4.69) is 17.3 Å². The second-order valence-electron chi connectivity index (χ2n) is 10.9. The van der Waals surface area contributed by atoms with E-state index >= 15 is 0 Å². The molecular formula is C32H37FN4O2. The fourth-order valence-corrected chi connectivity index (χ4v) is 5.85. The molecule has 2 fully saturated rings. The molecule has 1 unspecified atom stereocenters. The predicted octanol–water partition coefficient (Wildman–Crippen LogP) is 6.21. The third-order valence-electron chi connectivity index (χ3n) is 8.10. The summed E-state index contributed by atoms with van der Waals surface area (Å²) in [6.45, 7) is 2.06. The lowest BCUT2D eigenvalue weighted by atomic mass is 9.83. The van der Waals surface area contributed by atoms with Crippen molar-refractivity contribution < 1.29 is 13.9 Å². The van der Waals surface area contributed by atoms with Gasteiger partial charge in [-0.1, -0.05) is 31.0 Å². The van der Waals surface area contributed by atoms with E-state index in [1.54, 1.807) is 36.4 Å². The molecular weight excluding hydrogens is 491 g/mol. The van der Waals surface area contributed by atoms with E-state index < -0.39 is 5.92 Å². The van der Waals surface area contributed by atoms with E-state index in [1.165, 1.54) is 6.07 Å². The van der Waals surface area contributed by atoms with Crippen molar-refractivity contribution in [3.05, 3.63) is 89.2 Å². The van der Waals surface area contributed by atoms with Crippen LogP contribution in [0.25, 0.3) is 0 Å². The number of nitrogens with zero attached hydrogens (tertiary/aromatic N) is 1. The summed E-state index contributed by atoms with van der Waals surface area (Å²) in [4.78, 5) is 15.8. The Morgan fingerprint density at radius 3 is 2.41 bits per heavy atom. The van der Waals surface area contributed by atoms with Gasteiger partial charge in [0.1, 0.15) is 17.7 Å². The van der Waals surface area contributed by atoms with Crippen LogP contribution in [-0.4, -0.2) is 42.8 Å². The van der Waals surface area contributed by atoms with Crippen molar-refractivity contribution in [3.63, 3.8) is 0 Å². The molecule has 0 spiro atoms. The number of nitrogen functional groups attached to an aromatic ring is 1. The highest BCUT2D eigenvalue weighted by molar-refractivity contribution is 6.14. The second-order valence-corrected chi connectivity index (χ2v) is 10.9. The van der Waals surface area contributed by atoms with Gasteiger partial charge in [0, 0.05) is 41.2 Å². The van der Waals surface area contributed by atoms with Gasteiger partial charge in [-0.15, -0.1) is 0 Å². The Labute approximate surface area is 229 Å². The lowest BCUT2D eigenvalue weighted by Crippen LogP contribution is -2.35. The minimum absolute atomic E-state index is 0.101. The monoisotopic (exact) mass is 528 g/mol. The number of hydrogen-bond donors (Lipinski definition) is 3. The van der Waals surface area contributed by atoms with Gasteiger partial charge in [-0.3, -0.25) is 10.2 Å². The molecule has 0 aromatic heterocycles. The summed E-state index contributed by atoms with van der Waals surface area (Å²) in [5.41, 5.74) is 9.18. The van der Waals surface area contributed by atoms with Gasteiger partial charge in [-0.2, -0.15) is 0 Å². The van der Waals surface area contributed by atoms with E-state index in [1.807, 2.05) is 24.3 Å². The highest BCUT2D eigenvalue weighted by Gasteiger charge is 2.34. The molecule has 3 aromatic carbocycles. The number of nitrogens with two attached hydrogens (primary N) is 1. The SMILES string of the molecule is CN1CCC(Oc2ccc(C(=N)c3cc(NC(=O)C(c4ccccc4F)C4CCCC4)ccc3N)cc2)CC1. The normalized spacial score (nSPS) is 17.6. The number of nitrogens with one attached hydrogen (secondary N) is 2. The Kier molecular flexibility index (Phi) is 8.27. The quantitative estimate of drug-likeness (QED) is 0.239. The number of rotatable bonds is 8. The first-order valence-corrected chi connectivity index (χ1v) is 13.9. The smallest absolute Gasteiger partial charge is 0.232 e. The van der Waals surface area contributed by atoms with Crippen LogP contribution < -0.4 is 15.8 Å². The summed E-state index contributed by atoms with van der Waals surface area (Å²) in [6.07, 6.45) is 6.12. The van der Waals surface area contributed by atoms with Gasteiger partial charge in [0.15, 0.2) is 0 Å². The predicted molar refractivity (Wildman–Crippen MR) is 154 cm³/mol. The number of halogens is 1. The molecule has 1 saturated carbocycles. The molecule has 5 rings (SSSR count). The van der Waals surface area contributed by atoms with Crippen molar-refractivity contribution in [1.82, 2.24) is 4.90 Å². The summed E-state index contributed by atoms with van der Waals surface area (Å²) in [5.74, 6) is -0.256. The van der Waals surface area contributed by atoms with Crippen molar-refractivity contribution in [2.24, 2.45) is 5.92 Å². The van der Waals surface area contributed by atoms with Crippen LogP contribution in [0.15, 0.2) is 66.7 Å². The third kappa shape index (κ3) is 6.31. The van der Waals surface area contributed by atoms with E-state index in [4.69, 9.17) is 15.9 Å². The topological polar surface area (TPSA) is 91.4 Å². The van der Waals surface area contributed by atoms with Gasteiger partial charge in [-0.05, 0) is 87.2 Å². The molecule has 0 bridgehead atoms. The first-order chi connectivity index (χ1) is 18.9. The zero-order chi connectivity index (χ0) is 27.4. The zero-order valence-corrected chi connectivity index (χ0v) is 22.5. The van der Waals surface area contributed by atoms with Gasteiger partial charge in [0.2, 0.25) is 5.91 Å². The maximum Gasteiger partial charge on any atom is 0.232 e. The van der Waals surface area contributed by atoms with Crippen LogP contribution in [-0.2, 0) is 4.79 Å². The van der Waals surface area contributed by atoms with Crippen molar-refractivity contribution in [3.8, 4) is 5.75 Å². The van der Waals surface area contributed by atoms with Gasteiger partial charge in [0.25, 0.3) is 0 Å². The molecule has 6 nitrogen and oxygen atoms in total. The number of carbonyl (C=O) groups is 1. The molecule has 1 heterocycles. The van der Waals surface area contributed by atoms with Crippen molar-refractivity contribution in [1.29, 1.82) is 5.41 Å². The second kappa shape index (κ2) is 12.0. The van der Waals surface area contributed by atoms with E-state index in [0.29, 0.717) is 28.1 Å².